The summed E-state index contributed by atoms with van der Waals surface area (Å²) in [5, 5.41) is 2.94. The molecule has 1 aromatic heterocycles. The lowest BCUT2D eigenvalue weighted by molar-refractivity contribution is -0.116. The quantitative estimate of drug-likeness (QED) is 0.904. The number of benzene rings is 1. The summed E-state index contributed by atoms with van der Waals surface area (Å²) in [6.07, 6.45) is 5.20. The summed E-state index contributed by atoms with van der Waals surface area (Å²) in [6, 6.07) is 11.9. The summed E-state index contributed by atoms with van der Waals surface area (Å²) in [6.45, 7) is 4.56. The van der Waals surface area contributed by atoms with E-state index in [2.05, 4.69) is 29.3 Å². The first kappa shape index (κ1) is 15.7. The minimum absolute atomic E-state index is 0.0148. The number of piperidine rings is 1. The zero-order valence-corrected chi connectivity index (χ0v) is 13.6. The van der Waals surface area contributed by atoms with Crippen molar-refractivity contribution in [2.75, 3.05) is 23.3 Å². The Kier molecular flexibility index (Phi) is 5.01. The van der Waals surface area contributed by atoms with Crippen molar-refractivity contribution in [2.24, 2.45) is 5.92 Å². The molecule has 0 aliphatic carbocycles. The average Bonchev–Trinajstić information content (AvgIpc) is 3.08. The number of nitrogens with one attached hydrogen (secondary N) is 1. The van der Waals surface area contributed by atoms with Crippen LogP contribution in [0.1, 0.15) is 31.9 Å². The second kappa shape index (κ2) is 7.36. The average molecular weight is 312 g/mol. The van der Waals surface area contributed by atoms with Crippen molar-refractivity contribution in [3.63, 3.8) is 0 Å². The van der Waals surface area contributed by atoms with Gasteiger partial charge in [0.15, 0.2) is 0 Å². The van der Waals surface area contributed by atoms with E-state index in [9.17, 15) is 4.79 Å². The Hall–Kier alpha value is -2.23. The fourth-order valence-corrected chi connectivity index (χ4v) is 2.94. The van der Waals surface area contributed by atoms with Gasteiger partial charge in [-0.1, -0.05) is 6.92 Å². The normalized spacial score (nSPS) is 15.6. The molecule has 0 spiro atoms. The van der Waals surface area contributed by atoms with E-state index in [0.717, 1.165) is 30.5 Å². The molecule has 122 valence electrons. The third-order valence-electron chi connectivity index (χ3n) is 4.48. The number of nitrogens with zero attached hydrogens (tertiary/aromatic N) is 1. The molecule has 1 aromatic carbocycles. The Morgan fingerprint density at radius 2 is 1.96 bits per heavy atom. The first-order chi connectivity index (χ1) is 11.2. The molecule has 2 aromatic rings. The predicted octanol–water partition coefficient (Wildman–Crippen LogP) is 4.09. The smallest absolute Gasteiger partial charge is 0.224 e. The highest BCUT2D eigenvalue weighted by molar-refractivity contribution is 5.91. The minimum Gasteiger partial charge on any atom is -0.469 e. The lowest BCUT2D eigenvalue weighted by atomic mass is 9.99. The summed E-state index contributed by atoms with van der Waals surface area (Å²) in [5.41, 5.74) is 2.09. The van der Waals surface area contributed by atoms with Crippen LogP contribution in [0, 0.1) is 5.92 Å². The number of aryl methyl sites for hydroxylation is 1. The van der Waals surface area contributed by atoms with E-state index < -0.39 is 0 Å². The molecule has 1 N–H and O–H groups in total. The van der Waals surface area contributed by atoms with Crippen LogP contribution >= 0.6 is 0 Å². The molecule has 0 atom stereocenters. The standard InChI is InChI=1S/C19H24N2O2/c1-15-10-12-21(13-11-15)17-6-4-16(5-7-17)20-19(22)9-8-18-3-2-14-23-18/h2-7,14-15H,8-13H2,1H3,(H,20,22). The van der Waals surface area contributed by atoms with Crippen LogP contribution in [0.25, 0.3) is 0 Å². The van der Waals surface area contributed by atoms with Gasteiger partial charge in [0, 0.05) is 37.3 Å². The van der Waals surface area contributed by atoms with Crippen molar-refractivity contribution < 1.29 is 9.21 Å². The molecule has 0 radical (unpaired) electrons. The highest BCUT2D eigenvalue weighted by Crippen LogP contribution is 2.24. The number of carbonyl (C=O) groups excluding carboxylic acids is 1. The van der Waals surface area contributed by atoms with E-state index in [1.165, 1.54) is 18.5 Å². The van der Waals surface area contributed by atoms with Gasteiger partial charge in [0.25, 0.3) is 0 Å². The molecular weight excluding hydrogens is 288 g/mol. The van der Waals surface area contributed by atoms with Crippen LogP contribution in [-0.4, -0.2) is 19.0 Å². The fourth-order valence-electron chi connectivity index (χ4n) is 2.94. The minimum atomic E-state index is 0.0148. The Balaban J connectivity index is 1.50. The molecule has 2 heterocycles. The van der Waals surface area contributed by atoms with Crippen LogP contribution < -0.4 is 10.2 Å². The molecule has 4 heteroatoms. The van der Waals surface area contributed by atoms with Crippen molar-refractivity contribution in [1.82, 2.24) is 0 Å². The van der Waals surface area contributed by atoms with Crippen LogP contribution in [0.4, 0.5) is 11.4 Å². The lowest BCUT2D eigenvalue weighted by Crippen LogP contribution is -2.32. The SMILES string of the molecule is CC1CCN(c2ccc(NC(=O)CCc3ccco3)cc2)CC1. The maximum absolute atomic E-state index is 12.0. The van der Waals surface area contributed by atoms with Gasteiger partial charge in [-0.25, -0.2) is 0 Å². The Bertz CT molecular complexity index is 611. The molecule has 23 heavy (non-hydrogen) atoms. The Labute approximate surface area is 137 Å². The molecule has 1 fully saturated rings. The number of anilines is 2. The second-order valence-corrected chi connectivity index (χ2v) is 6.34. The van der Waals surface area contributed by atoms with Gasteiger partial charge in [-0.05, 0) is 55.2 Å². The lowest BCUT2D eigenvalue weighted by Gasteiger charge is -2.32. The first-order valence-electron chi connectivity index (χ1n) is 8.38. The topological polar surface area (TPSA) is 45.5 Å². The molecule has 0 bridgehead atoms. The summed E-state index contributed by atoms with van der Waals surface area (Å²) >= 11 is 0. The maximum atomic E-state index is 12.0. The molecule has 1 amide bonds. The van der Waals surface area contributed by atoms with Gasteiger partial charge >= 0.3 is 0 Å². The number of rotatable bonds is 5. The molecule has 4 nitrogen and oxygen atoms in total. The van der Waals surface area contributed by atoms with Crippen LogP contribution in [-0.2, 0) is 11.2 Å². The van der Waals surface area contributed by atoms with Gasteiger partial charge in [0.2, 0.25) is 5.91 Å². The Morgan fingerprint density at radius 1 is 1.22 bits per heavy atom. The number of hydrogen-bond donors (Lipinski definition) is 1. The van der Waals surface area contributed by atoms with Crippen LogP contribution in [0.5, 0.6) is 0 Å². The molecule has 1 aliphatic rings. The predicted molar refractivity (Wildman–Crippen MR) is 92.7 cm³/mol. The van der Waals surface area contributed by atoms with Gasteiger partial charge in [-0.3, -0.25) is 4.79 Å². The zero-order valence-electron chi connectivity index (χ0n) is 13.6. The molecule has 1 aliphatic heterocycles. The maximum Gasteiger partial charge on any atom is 0.224 e. The van der Waals surface area contributed by atoms with E-state index in [0.29, 0.717) is 12.8 Å². The van der Waals surface area contributed by atoms with Gasteiger partial charge in [-0.15, -0.1) is 0 Å². The largest absolute Gasteiger partial charge is 0.469 e. The number of carbonyl (C=O) groups is 1. The molecule has 3 rings (SSSR count). The van der Waals surface area contributed by atoms with Crippen LogP contribution in [0.15, 0.2) is 47.1 Å². The first-order valence-corrected chi connectivity index (χ1v) is 8.38. The van der Waals surface area contributed by atoms with Gasteiger partial charge in [-0.2, -0.15) is 0 Å². The summed E-state index contributed by atoms with van der Waals surface area (Å²) in [4.78, 5) is 14.4. The third kappa shape index (κ3) is 4.38. The number of hydrogen-bond acceptors (Lipinski definition) is 3. The summed E-state index contributed by atoms with van der Waals surface area (Å²) in [7, 11) is 0. The zero-order chi connectivity index (χ0) is 16.1. The second-order valence-electron chi connectivity index (χ2n) is 6.34. The van der Waals surface area contributed by atoms with Crippen LogP contribution in [0.3, 0.4) is 0 Å². The third-order valence-corrected chi connectivity index (χ3v) is 4.48. The summed E-state index contributed by atoms with van der Waals surface area (Å²) in [5.74, 6) is 1.69. The van der Waals surface area contributed by atoms with Crippen molar-refractivity contribution in [1.29, 1.82) is 0 Å². The van der Waals surface area contributed by atoms with E-state index in [1.807, 2.05) is 24.3 Å². The van der Waals surface area contributed by atoms with Crippen molar-refractivity contribution >= 4 is 17.3 Å². The Morgan fingerprint density at radius 3 is 2.61 bits per heavy atom. The van der Waals surface area contributed by atoms with Crippen molar-refractivity contribution in [3.8, 4) is 0 Å². The van der Waals surface area contributed by atoms with E-state index in [-0.39, 0.29) is 5.91 Å². The monoisotopic (exact) mass is 312 g/mol. The van der Waals surface area contributed by atoms with E-state index >= 15 is 0 Å². The molecule has 0 unspecified atom stereocenters. The molecular formula is C19H24N2O2. The van der Waals surface area contributed by atoms with Gasteiger partial charge in [0.1, 0.15) is 5.76 Å². The van der Waals surface area contributed by atoms with Crippen molar-refractivity contribution in [3.05, 3.63) is 48.4 Å². The van der Waals surface area contributed by atoms with Crippen molar-refractivity contribution in [2.45, 2.75) is 32.6 Å². The number of furan rings is 1. The fraction of sp³-hybridized carbons (Fsp3) is 0.421. The van der Waals surface area contributed by atoms with Gasteiger partial charge < -0.3 is 14.6 Å². The van der Waals surface area contributed by atoms with E-state index in [1.54, 1.807) is 6.26 Å². The van der Waals surface area contributed by atoms with Crippen LogP contribution in [0.2, 0.25) is 0 Å². The molecule has 1 saturated heterocycles. The van der Waals surface area contributed by atoms with E-state index in [4.69, 9.17) is 4.42 Å². The highest BCUT2D eigenvalue weighted by atomic mass is 16.3. The molecule has 0 saturated carbocycles. The van der Waals surface area contributed by atoms with Gasteiger partial charge in [0.05, 0.1) is 6.26 Å². The summed E-state index contributed by atoms with van der Waals surface area (Å²) < 4.78 is 5.24. The highest BCUT2D eigenvalue weighted by Gasteiger charge is 2.15. The number of amides is 1.